The molecule has 1 amide bonds. The number of carbonyl (C=O) groups excluding carboxylic acids is 1. The molecule has 0 fully saturated rings. The van der Waals surface area contributed by atoms with Gasteiger partial charge in [-0.15, -0.1) is 11.3 Å². The maximum absolute atomic E-state index is 12.4. The number of thiazole rings is 1. The lowest BCUT2D eigenvalue weighted by molar-refractivity contribution is 0.0796. The molecule has 0 aliphatic rings. The second-order valence-corrected chi connectivity index (χ2v) is 5.48. The summed E-state index contributed by atoms with van der Waals surface area (Å²) in [6, 6.07) is 5.17. The maximum atomic E-state index is 12.4. The van der Waals surface area contributed by atoms with Crippen molar-refractivity contribution >= 4 is 17.2 Å². The summed E-state index contributed by atoms with van der Waals surface area (Å²) in [6.07, 6.45) is 2.52. The smallest absolute Gasteiger partial charge is 0.253 e. The van der Waals surface area contributed by atoms with Crippen molar-refractivity contribution in [3.05, 3.63) is 40.3 Å². The first-order valence-electron chi connectivity index (χ1n) is 6.51. The van der Waals surface area contributed by atoms with E-state index in [0.717, 1.165) is 11.4 Å². The van der Waals surface area contributed by atoms with Gasteiger partial charge in [0.15, 0.2) is 0 Å². The lowest BCUT2D eigenvalue weighted by Crippen LogP contribution is -2.28. The third-order valence-electron chi connectivity index (χ3n) is 3.09. The quantitative estimate of drug-likeness (QED) is 0.823. The highest BCUT2D eigenvalue weighted by Crippen LogP contribution is 2.23. The molecule has 0 saturated carbocycles. The van der Waals surface area contributed by atoms with Gasteiger partial charge in [0, 0.05) is 43.2 Å². The van der Waals surface area contributed by atoms with Gasteiger partial charge in [0.2, 0.25) is 0 Å². The molecule has 0 spiro atoms. The van der Waals surface area contributed by atoms with Crippen LogP contribution in [-0.4, -0.2) is 43.6 Å². The Hall–Kier alpha value is -2.08. The van der Waals surface area contributed by atoms with E-state index in [1.807, 2.05) is 5.38 Å². The van der Waals surface area contributed by atoms with Crippen molar-refractivity contribution in [1.29, 1.82) is 0 Å². The number of likely N-dealkylation sites (N-methyl/N-ethyl adjacent to an activating group) is 1. The zero-order chi connectivity index (χ0) is 15.2. The minimum absolute atomic E-state index is 0.0660. The molecule has 21 heavy (non-hydrogen) atoms. The van der Waals surface area contributed by atoms with Gasteiger partial charge in [-0.3, -0.25) is 4.79 Å². The number of rotatable bonds is 6. The highest BCUT2D eigenvalue weighted by molar-refractivity contribution is 7.09. The molecule has 1 aromatic heterocycles. The van der Waals surface area contributed by atoms with Crippen LogP contribution in [0.4, 0.5) is 0 Å². The van der Waals surface area contributed by atoms with Crippen LogP contribution in [0, 0.1) is 0 Å². The minimum atomic E-state index is -0.0660. The average Bonchev–Trinajstić information content (AvgIpc) is 3.04. The van der Waals surface area contributed by atoms with Gasteiger partial charge >= 0.3 is 0 Å². The van der Waals surface area contributed by atoms with Crippen molar-refractivity contribution in [2.45, 2.75) is 6.42 Å². The molecule has 0 atom stereocenters. The predicted molar refractivity (Wildman–Crippen MR) is 82.3 cm³/mol. The van der Waals surface area contributed by atoms with Gasteiger partial charge in [0.05, 0.1) is 19.2 Å². The van der Waals surface area contributed by atoms with Crippen molar-refractivity contribution in [2.75, 3.05) is 27.8 Å². The zero-order valence-electron chi connectivity index (χ0n) is 12.3. The summed E-state index contributed by atoms with van der Waals surface area (Å²) in [5.41, 5.74) is 0.549. The first-order chi connectivity index (χ1) is 10.1. The van der Waals surface area contributed by atoms with Crippen molar-refractivity contribution in [3.63, 3.8) is 0 Å². The van der Waals surface area contributed by atoms with Crippen LogP contribution in [0.2, 0.25) is 0 Å². The van der Waals surface area contributed by atoms with Gasteiger partial charge in [-0.2, -0.15) is 0 Å². The highest BCUT2D eigenvalue weighted by atomic mass is 32.1. The summed E-state index contributed by atoms with van der Waals surface area (Å²) in [7, 11) is 4.91. The number of benzene rings is 1. The summed E-state index contributed by atoms with van der Waals surface area (Å²) in [4.78, 5) is 18.3. The second kappa shape index (κ2) is 7.08. The third-order valence-corrected chi connectivity index (χ3v) is 3.93. The normalized spacial score (nSPS) is 10.2. The molecule has 0 aliphatic heterocycles. The number of nitrogens with zero attached hydrogens (tertiary/aromatic N) is 2. The summed E-state index contributed by atoms with van der Waals surface area (Å²) in [5.74, 6) is 1.14. The maximum Gasteiger partial charge on any atom is 0.253 e. The number of hydrogen-bond donors (Lipinski definition) is 0. The van der Waals surface area contributed by atoms with Crippen LogP contribution < -0.4 is 9.47 Å². The van der Waals surface area contributed by atoms with Crippen molar-refractivity contribution < 1.29 is 14.3 Å². The van der Waals surface area contributed by atoms with Gasteiger partial charge in [-0.05, 0) is 12.1 Å². The minimum Gasteiger partial charge on any atom is -0.497 e. The molecule has 6 heteroatoms. The van der Waals surface area contributed by atoms with Crippen LogP contribution >= 0.6 is 11.3 Å². The molecular formula is C15H18N2O3S. The van der Waals surface area contributed by atoms with Crippen molar-refractivity contribution in [2.24, 2.45) is 0 Å². The molecule has 0 N–H and O–H groups in total. The Morgan fingerprint density at radius 2 is 1.90 bits per heavy atom. The standard InChI is InChI=1S/C15H18N2O3S/c1-17(6-4-14-16-5-7-21-14)15(18)11-8-12(19-2)10-13(9-11)20-3/h5,7-10H,4,6H2,1-3H3. The van der Waals surface area contributed by atoms with Gasteiger partial charge < -0.3 is 14.4 Å². The van der Waals surface area contributed by atoms with Gasteiger partial charge in [-0.1, -0.05) is 0 Å². The lowest BCUT2D eigenvalue weighted by atomic mass is 10.1. The van der Waals surface area contributed by atoms with Gasteiger partial charge in [0.25, 0.3) is 5.91 Å². The topological polar surface area (TPSA) is 51.7 Å². The largest absolute Gasteiger partial charge is 0.497 e. The molecular weight excluding hydrogens is 288 g/mol. The van der Waals surface area contributed by atoms with E-state index < -0.39 is 0 Å². The number of aromatic nitrogens is 1. The van der Waals surface area contributed by atoms with E-state index in [0.29, 0.717) is 23.6 Å². The number of amides is 1. The first-order valence-corrected chi connectivity index (χ1v) is 7.39. The number of hydrogen-bond acceptors (Lipinski definition) is 5. The third kappa shape index (κ3) is 3.95. The Labute approximate surface area is 128 Å². The van der Waals surface area contributed by atoms with Crippen LogP contribution in [0.3, 0.4) is 0 Å². The van der Waals surface area contributed by atoms with Crippen LogP contribution in [-0.2, 0) is 6.42 Å². The van der Waals surface area contributed by atoms with E-state index in [4.69, 9.17) is 9.47 Å². The van der Waals surface area contributed by atoms with E-state index in [1.54, 1.807) is 61.9 Å². The number of carbonyl (C=O) groups is 1. The zero-order valence-corrected chi connectivity index (χ0v) is 13.1. The second-order valence-electron chi connectivity index (χ2n) is 4.50. The lowest BCUT2D eigenvalue weighted by Gasteiger charge is -2.17. The fraction of sp³-hybridized carbons (Fsp3) is 0.333. The van der Waals surface area contributed by atoms with Crippen LogP contribution in [0.1, 0.15) is 15.4 Å². The fourth-order valence-corrected chi connectivity index (χ4v) is 2.50. The Morgan fingerprint density at radius 3 is 2.43 bits per heavy atom. The van der Waals surface area contributed by atoms with Gasteiger partial charge in [0.1, 0.15) is 11.5 Å². The molecule has 0 bridgehead atoms. The van der Waals surface area contributed by atoms with Crippen LogP contribution in [0.5, 0.6) is 11.5 Å². The Kier molecular flexibility index (Phi) is 5.16. The highest BCUT2D eigenvalue weighted by Gasteiger charge is 2.14. The van der Waals surface area contributed by atoms with Crippen molar-refractivity contribution in [3.8, 4) is 11.5 Å². The SMILES string of the molecule is COc1cc(OC)cc(C(=O)N(C)CCc2nccs2)c1. The number of methoxy groups -OCH3 is 2. The van der Waals surface area contributed by atoms with Gasteiger partial charge in [-0.25, -0.2) is 4.98 Å². The molecule has 2 aromatic rings. The summed E-state index contributed by atoms with van der Waals surface area (Å²) >= 11 is 1.60. The molecule has 5 nitrogen and oxygen atoms in total. The van der Waals surface area contributed by atoms with Crippen molar-refractivity contribution in [1.82, 2.24) is 9.88 Å². The molecule has 1 heterocycles. The monoisotopic (exact) mass is 306 g/mol. The Bertz CT molecular complexity index is 577. The van der Waals surface area contributed by atoms with E-state index in [9.17, 15) is 4.79 Å². The molecule has 0 radical (unpaired) electrons. The van der Waals surface area contributed by atoms with Crippen LogP contribution in [0.15, 0.2) is 29.8 Å². The van der Waals surface area contributed by atoms with E-state index in [2.05, 4.69) is 4.98 Å². The Morgan fingerprint density at radius 1 is 1.24 bits per heavy atom. The fourth-order valence-electron chi connectivity index (χ4n) is 1.89. The molecule has 112 valence electrons. The van der Waals surface area contributed by atoms with E-state index >= 15 is 0 Å². The van der Waals surface area contributed by atoms with E-state index in [1.165, 1.54) is 0 Å². The molecule has 2 rings (SSSR count). The first kappa shape index (κ1) is 15.3. The summed E-state index contributed by atoms with van der Waals surface area (Å²) in [6.45, 7) is 0.617. The predicted octanol–water partition coefficient (Wildman–Crippen LogP) is 2.48. The van der Waals surface area contributed by atoms with Crippen LogP contribution in [0.25, 0.3) is 0 Å². The average molecular weight is 306 g/mol. The van der Waals surface area contributed by atoms with E-state index in [-0.39, 0.29) is 5.91 Å². The summed E-state index contributed by atoms with van der Waals surface area (Å²) in [5, 5.41) is 2.96. The molecule has 1 aromatic carbocycles. The molecule has 0 saturated heterocycles. The Balaban J connectivity index is 2.07. The summed E-state index contributed by atoms with van der Waals surface area (Å²) < 4.78 is 10.4. The molecule has 0 aliphatic carbocycles. The molecule has 0 unspecified atom stereocenters. The number of ether oxygens (including phenoxy) is 2.